The highest BCUT2D eigenvalue weighted by molar-refractivity contribution is 6.08. The molecule has 1 amide bonds. The zero-order valence-corrected chi connectivity index (χ0v) is 24.4. The average Bonchev–Trinajstić information content (AvgIpc) is 2.89. The fourth-order valence-electron chi connectivity index (χ4n) is 4.66. The van der Waals surface area contributed by atoms with Gasteiger partial charge in [0.2, 0.25) is 0 Å². The normalized spacial score (nSPS) is 14.3. The molecule has 212 valence electrons. The molecule has 3 aromatic carbocycles. The highest BCUT2D eigenvalue weighted by Gasteiger charge is 2.38. The van der Waals surface area contributed by atoms with Crippen LogP contribution in [-0.4, -0.2) is 38.0 Å². The molecule has 0 spiro atoms. The van der Waals surface area contributed by atoms with Gasteiger partial charge in [0, 0.05) is 35.7 Å². The molecular formula is C32H37FN2O5. The van der Waals surface area contributed by atoms with Crippen LogP contribution in [-0.2, 0) is 16.2 Å². The Kier molecular flexibility index (Phi) is 7.83. The first kappa shape index (κ1) is 28.9. The van der Waals surface area contributed by atoms with Crippen molar-refractivity contribution in [2.45, 2.75) is 53.7 Å². The van der Waals surface area contributed by atoms with E-state index in [2.05, 4.69) is 5.32 Å². The number of hydrogen-bond donors (Lipinski definition) is 1. The number of ether oxygens (including phenoxy) is 3. The molecule has 1 heterocycles. The maximum absolute atomic E-state index is 14.0. The molecule has 1 aliphatic heterocycles. The summed E-state index contributed by atoms with van der Waals surface area (Å²) in [5, 5.41) is 3.34. The number of anilines is 2. The van der Waals surface area contributed by atoms with Crippen LogP contribution in [0.5, 0.6) is 17.2 Å². The second-order valence-corrected chi connectivity index (χ2v) is 11.6. The van der Waals surface area contributed by atoms with E-state index < -0.39 is 16.8 Å². The van der Waals surface area contributed by atoms with E-state index in [0.29, 0.717) is 22.9 Å². The zero-order chi connectivity index (χ0) is 29.4. The fourth-order valence-corrected chi connectivity index (χ4v) is 4.66. The van der Waals surface area contributed by atoms with Crippen molar-refractivity contribution in [3.63, 3.8) is 0 Å². The first-order chi connectivity index (χ1) is 18.7. The number of likely N-dealkylation sites (N-methyl/N-ethyl adjacent to an activating group) is 1. The van der Waals surface area contributed by atoms with E-state index in [1.54, 1.807) is 37.3 Å². The number of Topliss-reactive ketones (excluding diaryl/α,β-unsaturated/α-hetero) is 1. The second-order valence-electron chi connectivity index (χ2n) is 11.6. The van der Waals surface area contributed by atoms with Crippen LogP contribution in [0, 0.1) is 18.2 Å². The van der Waals surface area contributed by atoms with Gasteiger partial charge in [0.1, 0.15) is 41.8 Å². The van der Waals surface area contributed by atoms with Gasteiger partial charge in [0.05, 0.1) is 18.5 Å². The van der Waals surface area contributed by atoms with E-state index in [0.717, 1.165) is 27.9 Å². The minimum atomic E-state index is -0.790. The van der Waals surface area contributed by atoms with Crippen LogP contribution in [0.15, 0.2) is 48.5 Å². The standard InChI is InChI=1S/C32H37FN2O5/c1-19-9-10-20(33)15-26(19)40-17-24-22(13-14-25-29(24)35(7)30(37)32(5,6)34-25)23-12-11-21(16-27(23)38-8)39-18-28(36)31(2,3)4/h9-16,34H,17-18H2,1-8H3. The summed E-state index contributed by atoms with van der Waals surface area (Å²) in [4.78, 5) is 27.3. The molecule has 0 radical (unpaired) electrons. The van der Waals surface area contributed by atoms with Crippen LogP contribution < -0.4 is 24.4 Å². The van der Waals surface area contributed by atoms with Gasteiger partial charge < -0.3 is 24.4 Å². The van der Waals surface area contributed by atoms with Crippen LogP contribution in [0.4, 0.5) is 15.8 Å². The van der Waals surface area contributed by atoms with Crippen molar-refractivity contribution in [3.05, 3.63) is 65.5 Å². The summed E-state index contributed by atoms with van der Waals surface area (Å²) in [6, 6.07) is 13.7. The fraction of sp³-hybridized carbons (Fsp3) is 0.375. The van der Waals surface area contributed by atoms with Crippen LogP contribution in [0.2, 0.25) is 0 Å². The number of carbonyl (C=O) groups is 2. The number of nitrogens with zero attached hydrogens (tertiary/aromatic N) is 1. The number of halogens is 1. The Labute approximate surface area is 235 Å². The number of benzene rings is 3. The molecule has 1 aliphatic rings. The molecule has 7 nitrogen and oxygen atoms in total. The minimum absolute atomic E-state index is 0.0135. The van der Waals surface area contributed by atoms with Gasteiger partial charge in [-0.3, -0.25) is 9.59 Å². The highest BCUT2D eigenvalue weighted by atomic mass is 19.1. The van der Waals surface area contributed by atoms with E-state index in [9.17, 15) is 14.0 Å². The van der Waals surface area contributed by atoms with Crippen molar-refractivity contribution in [2.75, 3.05) is 31.0 Å². The molecule has 0 unspecified atom stereocenters. The van der Waals surface area contributed by atoms with E-state index in [1.165, 1.54) is 12.1 Å². The molecule has 1 N–H and O–H groups in total. The van der Waals surface area contributed by atoms with Gasteiger partial charge in [-0.15, -0.1) is 0 Å². The molecule has 0 aliphatic carbocycles. The first-order valence-electron chi connectivity index (χ1n) is 13.2. The van der Waals surface area contributed by atoms with Gasteiger partial charge in [0.25, 0.3) is 5.91 Å². The van der Waals surface area contributed by atoms with Crippen molar-refractivity contribution in [2.24, 2.45) is 5.41 Å². The van der Waals surface area contributed by atoms with E-state index in [-0.39, 0.29) is 24.9 Å². The lowest BCUT2D eigenvalue weighted by atomic mass is 9.91. The summed E-state index contributed by atoms with van der Waals surface area (Å²) in [5.74, 6) is 0.941. The van der Waals surface area contributed by atoms with Crippen molar-refractivity contribution in [3.8, 4) is 28.4 Å². The summed E-state index contributed by atoms with van der Waals surface area (Å²) in [7, 11) is 3.30. The zero-order valence-electron chi connectivity index (χ0n) is 24.4. The largest absolute Gasteiger partial charge is 0.496 e. The van der Waals surface area contributed by atoms with Crippen molar-refractivity contribution in [1.29, 1.82) is 0 Å². The minimum Gasteiger partial charge on any atom is -0.496 e. The third-order valence-electron chi connectivity index (χ3n) is 7.10. The Balaban J connectivity index is 1.79. The maximum atomic E-state index is 14.0. The predicted molar refractivity (Wildman–Crippen MR) is 155 cm³/mol. The first-order valence-corrected chi connectivity index (χ1v) is 13.2. The molecule has 0 atom stereocenters. The Morgan fingerprint density at radius 2 is 1.70 bits per heavy atom. The number of carbonyl (C=O) groups excluding carboxylic acids is 2. The monoisotopic (exact) mass is 548 g/mol. The lowest BCUT2D eigenvalue weighted by Gasteiger charge is -2.39. The maximum Gasteiger partial charge on any atom is 0.251 e. The smallest absolute Gasteiger partial charge is 0.251 e. The number of aryl methyl sites for hydroxylation is 1. The number of fused-ring (bicyclic) bond motifs is 1. The second kappa shape index (κ2) is 10.8. The number of amides is 1. The average molecular weight is 549 g/mol. The summed E-state index contributed by atoms with van der Waals surface area (Å²) in [6.07, 6.45) is 0. The number of rotatable bonds is 8. The molecule has 4 rings (SSSR count). The lowest BCUT2D eigenvalue weighted by Crippen LogP contribution is -2.52. The summed E-state index contributed by atoms with van der Waals surface area (Å²) < 4.78 is 31.7. The number of methoxy groups -OCH3 is 1. The Morgan fingerprint density at radius 1 is 1.00 bits per heavy atom. The van der Waals surface area contributed by atoms with Crippen LogP contribution in [0.3, 0.4) is 0 Å². The van der Waals surface area contributed by atoms with Gasteiger partial charge in [0.15, 0.2) is 5.78 Å². The summed E-state index contributed by atoms with van der Waals surface area (Å²) >= 11 is 0. The molecular weight excluding hydrogens is 511 g/mol. The quantitative estimate of drug-likeness (QED) is 0.344. The number of nitrogens with one attached hydrogen (secondary N) is 1. The molecule has 0 saturated heterocycles. The Morgan fingerprint density at radius 3 is 2.38 bits per heavy atom. The summed E-state index contributed by atoms with van der Waals surface area (Å²) in [6.45, 7) is 11.1. The molecule has 0 fully saturated rings. The van der Waals surface area contributed by atoms with Crippen LogP contribution in [0.25, 0.3) is 11.1 Å². The Bertz CT molecular complexity index is 1460. The van der Waals surface area contributed by atoms with Crippen LogP contribution >= 0.6 is 0 Å². The topological polar surface area (TPSA) is 77.1 Å². The molecule has 8 heteroatoms. The van der Waals surface area contributed by atoms with Crippen molar-refractivity contribution >= 4 is 23.1 Å². The van der Waals surface area contributed by atoms with E-state index in [4.69, 9.17) is 14.2 Å². The van der Waals surface area contributed by atoms with Crippen molar-refractivity contribution in [1.82, 2.24) is 0 Å². The Hall–Kier alpha value is -4.07. The molecule has 0 bridgehead atoms. The molecule has 40 heavy (non-hydrogen) atoms. The predicted octanol–water partition coefficient (Wildman–Crippen LogP) is 6.55. The van der Waals surface area contributed by atoms with Crippen molar-refractivity contribution < 1.29 is 28.2 Å². The van der Waals surface area contributed by atoms with E-state index >= 15 is 0 Å². The molecule has 0 aromatic heterocycles. The van der Waals surface area contributed by atoms with Gasteiger partial charge in [-0.1, -0.05) is 32.9 Å². The van der Waals surface area contributed by atoms with Crippen LogP contribution in [0.1, 0.15) is 45.7 Å². The SMILES string of the molecule is COc1cc(OCC(=O)C(C)(C)C)ccc1-c1ccc2c(c1COc1cc(F)ccc1C)N(C)C(=O)C(C)(C)N2. The number of hydrogen-bond acceptors (Lipinski definition) is 6. The van der Waals surface area contributed by atoms with Gasteiger partial charge in [-0.25, -0.2) is 4.39 Å². The highest BCUT2D eigenvalue weighted by Crippen LogP contribution is 2.45. The van der Waals surface area contributed by atoms with E-state index in [1.807, 2.05) is 59.7 Å². The molecule has 3 aromatic rings. The number of ketones is 1. The lowest BCUT2D eigenvalue weighted by molar-refractivity contribution is -0.128. The third kappa shape index (κ3) is 5.76. The van der Waals surface area contributed by atoms with Gasteiger partial charge in [-0.05, 0) is 56.2 Å². The third-order valence-corrected chi connectivity index (χ3v) is 7.10. The summed E-state index contributed by atoms with van der Waals surface area (Å²) in [5.41, 5.74) is 3.22. The van der Waals surface area contributed by atoms with Gasteiger partial charge >= 0.3 is 0 Å². The van der Waals surface area contributed by atoms with Gasteiger partial charge in [-0.2, -0.15) is 0 Å². The molecule has 0 saturated carbocycles.